The van der Waals surface area contributed by atoms with Gasteiger partial charge < -0.3 is 24.2 Å². The number of aliphatic hydroxyl groups excluding tert-OH is 2. The number of aryl methyl sites for hydroxylation is 1. The smallest absolute Gasteiger partial charge is 0.228 e. The second-order valence-electron chi connectivity index (χ2n) is 7.15. The summed E-state index contributed by atoms with van der Waals surface area (Å²) in [6.45, 7) is -0.443. The van der Waals surface area contributed by atoms with Crippen LogP contribution in [0.2, 0.25) is 0 Å². The molecule has 150 valence electrons. The van der Waals surface area contributed by atoms with Gasteiger partial charge in [-0.2, -0.15) is 5.26 Å². The first-order chi connectivity index (χ1) is 14.3. The summed E-state index contributed by atoms with van der Waals surface area (Å²) in [6, 6.07) is 7.79. The van der Waals surface area contributed by atoms with Gasteiger partial charge in [0.1, 0.15) is 22.8 Å². The Labute approximate surface area is 172 Å². The van der Waals surface area contributed by atoms with Gasteiger partial charge >= 0.3 is 0 Å². The molecule has 0 saturated heterocycles. The summed E-state index contributed by atoms with van der Waals surface area (Å²) < 4.78 is 17.7. The topological polar surface area (TPSA) is 103 Å². The fourth-order valence-corrected chi connectivity index (χ4v) is 3.64. The van der Waals surface area contributed by atoms with Crippen molar-refractivity contribution in [2.24, 2.45) is 7.05 Å². The molecule has 2 radical (unpaired) electrons. The monoisotopic (exact) mass is 404 g/mol. The molecule has 3 aromatic heterocycles. The van der Waals surface area contributed by atoms with E-state index in [0.29, 0.717) is 28.2 Å². The summed E-state index contributed by atoms with van der Waals surface area (Å²) in [5.41, 5.74) is 3.02. The Morgan fingerprint density at radius 1 is 1.33 bits per heavy atom. The highest BCUT2D eigenvalue weighted by atomic mass is 19.1. The average molecular weight is 404 g/mol. The van der Waals surface area contributed by atoms with Crippen LogP contribution in [0, 0.1) is 17.1 Å². The third kappa shape index (κ3) is 3.18. The van der Waals surface area contributed by atoms with Crippen LogP contribution in [0.4, 0.5) is 10.2 Å². The molecule has 0 aliphatic carbocycles. The normalized spacial score (nSPS) is 12.4. The molecular formula is C20H18BFN6O2. The van der Waals surface area contributed by atoms with E-state index in [4.69, 9.17) is 7.98 Å². The van der Waals surface area contributed by atoms with Gasteiger partial charge in [0.15, 0.2) is 0 Å². The molecule has 3 heterocycles. The van der Waals surface area contributed by atoms with E-state index >= 15 is 0 Å². The SMILES string of the molecule is [B]N(C)c1nc2c(cc(-c3cc(F)cc(C#N)c3)n2CC(O)CO)c2c1ncn2C. The number of hydrogen-bond donors (Lipinski definition) is 2. The van der Waals surface area contributed by atoms with Gasteiger partial charge in [0.2, 0.25) is 7.98 Å². The quantitative estimate of drug-likeness (QED) is 0.489. The molecule has 1 unspecified atom stereocenters. The Bertz CT molecular complexity index is 1310. The molecule has 0 aliphatic heterocycles. The van der Waals surface area contributed by atoms with Crippen LogP contribution in [-0.4, -0.2) is 57.1 Å². The molecule has 1 aromatic carbocycles. The number of hydrogen-bond acceptors (Lipinski definition) is 6. The number of imidazole rings is 1. The Balaban J connectivity index is 2.11. The van der Waals surface area contributed by atoms with Crippen LogP contribution in [0.1, 0.15) is 5.56 Å². The maximum absolute atomic E-state index is 14.2. The van der Waals surface area contributed by atoms with E-state index in [9.17, 15) is 19.9 Å². The van der Waals surface area contributed by atoms with Crippen LogP contribution >= 0.6 is 0 Å². The van der Waals surface area contributed by atoms with Crippen molar-refractivity contribution in [1.29, 1.82) is 5.26 Å². The van der Waals surface area contributed by atoms with Gasteiger partial charge in [-0.3, -0.25) is 0 Å². The highest BCUT2D eigenvalue weighted by Crippen LogP contribution is 2.35. The summed E-state index contributed by atoms with van der Waals surface area (Å²) in [5, 5.41) is 29.5. The molecule has 0 saturated carbocycles. The van der Waals surface area contributed by atoms with Gasteiger partial charge in [-0.15, -0.1) is 0 Å². The Morgan fingerprint density at radius 3 is 2.77 bits per heavy atom. The minimum absolute atomic E-state index is 0.0117. The second-order valence-corrected chi connectivity index (χ2v) is 7.15. The summed E-state index contributed by atoms with van der Waals surface area (Å²) in [6.07, 6.45) is 0.584. The lowest BCUT2D eigenvalue weighted by Crippen LogP contribution is -2.21. The molecular weight excluding hydrogens is 386 g/mol. The number of nitrogens with zero attached hydrogens (tertiary/aromatic N) is 6. The lowest BCUT2D eigenvalue weighted by molar-refractivity contribution is 0.0824. The number of nitriles is 1. The van der Waals surface area contributed by atoms with Crippen molar-refractivity contribution < 1.29 is 14.6 Å². The predicted molar refractivity (Wildman–Crippen MR) is 111 cm³/mol. The zero-order valence-corrected chi connectivity index (χ0v) is 16.4. The van der Waals surface area contributed by atoms with Gasteiger partial charge in [0.25, 0.3) is 0 Å². The lowest BCUT2D eigenvalue weighted by atomic mass is 10.1. The van der Waals surface area contributed by atoms with E-state index in [-0.39, 0.29) is 12.1 Å². The van der Waals surface area contributed by atoms with E-state index in [0.717, 1.165) is 17.0 Å². The van der Waals surface area contributed by atoms with E-state index in [1.54, 1.807) is 24.0 Å². The number of halogens is 1. The van der Waals surface area contributed by atoms with Crippen LogP contribution in [0.5, 0.6) is 0 Å². The molecule has 4 aromatic rings. The predicted octanol–water partition coefficient (Wildman–Crippen LogP) is 1.47. The molecule has 30 heavy (non-hydrogen) atoms. The fraction of sp³-hybridized carbons (Fsp3) is 0.250. The number of benzene rings is 1. The molecule has 10 heteroatoms. The Kier molecular flexibility index (Phi) is 4.93. The number of fused-ring (bicyclic) bond motifs is 3. The molecule has 8 nitrogen and oxygen atoms in total. The molecule has 4 rings (SSSR count). The third-order valence-electron chi connectivity index (χ3n) is 4.95. The lowest BCUT2D eigenvalue weighted by Gasteiger charge is -2.16. The number of aromatic nitrogens is 4. The molecule has 0 fully saturated rings. The number of anilines is 1. The Hall–Kier alpha value is -3.42. The van der Waals surface area contributed by atoms with Gasteiger partial charge in [0.05, 0.1) is 48.4 Å². The largest absolute Gasteiger partial charge is 0.411 e. The molecule has 1 atom stereocenters. The van der Waals surface area contributed by atoms with Crippen molar-refractivity contribution in [3.05, 3.63) is 42.0 Å². The van der Waals surface area contributed by atoms with Gasteiger partial charge in [-0.1, -0.05) is 0 Å². The maximum atomic E-state index is 14.2. The molecule has 0 aliphatic rings. The first-order valence-electron chi connectivity index (χ1n) is 9.16. The van der Waals surface area contributed by atoms with Crippen LogP contribution in [-0.2, 0) is 13.6 Å². The minimum Gasteiger partial charge on any atom is -0.411 e. The van der Waals surface area contributed by atoms with E-state index in [1.165, 1.54) is 10.9 Å². The standard InChI is InChI=1S/C20H18BFN6O2/c1-26-10-24-17-18(26)15-6-16(12-3-11(7-23)4-13(22)5-12)28(8-14(30)9-29)19(15)25-20(17)27(2)21/h3-6,10,14,29-30H,8-9H2,1-2H3. The van der Waals surface area contributed by atoms with Crippen molar-refractivity contribution in [3.63, 3.8) is 0 Å². The van der Waals surface area contributed by atoms with Crippen LogP contribution in [0.25, 0.3) is 33.3 Å². The van der Waals surface area contributed by atoms with Crippen LogP contribution in [0.15, 0.2) is 30.6 Å². The Morgan fingerprint density at radius 2 is 2.10 bits per heavy atom. The summed E-state index contributed by atoms with van der Waals surface area (Å²) in [4.78, 5) is 10.4. The summed E-state index contributed by atoms with van der Waals surface area (Å²) in [7, 11) is 9.45. The van der Waals surface area contributed by atoms with Crippen LogP contribution < -0.4 is 4.81 Å². The third-order valence-corrected chi connectivity index (χ3v) is 4.95. The molecule has 0 amide bonds. The number of rotatable bonds is 5. The van der Waals surface area contributed by atoms with E-state index in [2.05, 4.69) is 9.97 Å². The van der Waals surface area contributed by atoms with Crippen molar-refractivity contribution >= 4 is 35.9 Å². The highest BCUT2D eigenvalue weighted by Gasteiger charge is 2.22. The van der Waals surface area contributed by atoms with Crippen molar-refractivity contribution in [2.75, 3.05) is 18.5 Å². The second kappa shape index (κ2) is 7.44. The van der Waals surface area contributed by atoms with Crippen molar-refractivity contribution in [1.82, 2.24) is 19.1 Å². The minimum atomic E-state index is -1.06. The van der Waals surface area contributed by atoms with Crippen molar-refractivity contribution in [3.8, 4) is 17.3 Å². The van der Waals surface area contributed by atoms with E-state index < -0.39 is 18.5 Å². The van der Waals surface area contributed by atoms with E-state index in [1.807, 2.05) is 23.8 Å². The van der Waals surface area contributed by atoms with Gasteiger partial charge in [-0.25, -0.2) is 14.4 Å². The van der Waals surface area contributed by atoms with Gasteiger partial charge in [-0.05, 0) is 31.3 Å². The first-order valence-corrected chi connectivity index (χ1v) is 9.16. The highest BCUT2D eigenvalue weighted by molar-refractivity contribution is 6.20. The molecule has 0 bridgehead atoms. The summed E-state index contributed by atoms with van der Waals surface area (Å²) >= 11 is 0. The van der Waals surface area contributed by atoms with Crippen LogP contribution in [0.3, 0.4) is 0 Å². The maximum Gasteiger partial charge on any atom is 0.228 e. The summed E-state index contributed by atoms with van der Waals surface area (Å²) in [5.74, 6) is -0.121. The molecule has 0 spiro atoms. The fourth-order valence-electron chi connectivity index (χ4n) is 3.64. The zero-order valence-electron chi connectivity index (χ0n) is 16.4. The first kappa shape index (κ1) is 19.9. The number of pyridine rings is 1. The zero-order chi connectivity index (χ0) is 21.6. The molecule has 2 N–H and O–H groups in total. The van der Waals surface area contributed by atoms with Crippen molar-refractivity contribution in [2.45, 2.75) is 12.6 Å². The number of aliphatic hydroxyl groups is 2. The van der Waals surface area contributed by atoms with Gasteiger partial charge in [0, 0.05) is 18.0 Å². The average Bonchev–Trinajstić information content (AvgIpc) is 3.27.